The van der Waals surface area contributed by atoms with Crippen molar-refractivity contribution in [3.63, 3.8) is 0 Å². The Morgan fingerprint density at radius 1 is 1.24 bits per heavy atom. The molecule has 0 unspecified atom stereocenters. The van der Waals surface area contributed by atoms with Crippen molar-refractivity contribution in [2.24, 2.45) is 0 Å². The maximum absolute atomic E-state index is 12.6. The summed E-state index contributed by atoms with van der Waals surface area (Å²) in [7, 11) is 0. The van der Waals surface area contributed by atoms with E-state index in [9.17, 15) is 9.59 Å². The summed E-state index contributed by atoms with van der Waals surface area (Å²) in [4.78, 5) is 34.9. The first kappa shape index (κ1) is 18.9. The fourth-order valence-corrected chi connectivity index (χ4v) is 3.39. The second-order valence-corrected chi connectivity index (χ2v) is 7.08. The lowest BCUT2D eigenvalue weighted by molar-refractivity contribution is 0.0705. The molecule has 0 bridgehead atoms. The Morgan fingerprint density at radius 2 is 2.07 bits per heavy atom. The number of carbonyl (C=O) groups excluding carboxylic acids is 2. The van der Waals surface area contributed by atoms with E-state index in [0.29, 0.717) is 36.8 Å². The third-order valence-corrected chi connectivity index (χ3v) is 5.06. The number of rotatable bonds is 5. The minimum atomic E-state index is -0.255. The maximum Gasteiger partial charge on any atom is 0.274 e. The molecular formula is C20H22N6O3. The molecule has 0 saturated carbocycles. The maximum atomic E-state index is 12.6. The summed E-state index contributed by atoms with van der Waals surface area (Å²) in [5.41, 5.74) is 2.41. The van der Waals surface area contributed by atoms with Crippen molar-refractivity contribution in [3.05, 3.63) is 65.4 Å². The monoisotopic (exact) mass is 394 g/mol. The van der Waals surface area contributed by atoms with Crippen LogP contribution < -0.4 is 5.32 Å². The van der Waals surface area contributed by atoms with Crippen LogP contribution in [0.2, 0.25) is 0 Å². The second-order valence-electron chi connectivity index (χ2n) is 7.08. The van der Waals surface area contributed by atoms with Crippen molar-refractivity contribution in [1.82, 2.24) is 30.4 Å². The molecule has 0 spiro atoms. The molecule has 3 aromatic rings. The minimum Gasteiger partial charge on any atom is -0.467 e. The lowest BCUT2D eigenvalue weighted by atomic mass is 9.93. The average Bonchev–Trinajstić information content (AvgIpc) is 3.44. The number of aryl methyl sites for hydroxylation is 1. The zero-order valence-corrected chi connectivity index (χ0v) is 16.1. The number of furan rings is 1. The van der Waals surface area contributed by atoms with Gasteiger partial charge in [0.25, 0.3) is 11.8 Å². The normalized spacial score (nSPS) is 14.7. The quantitative estimate of drug-likeness (QED) is 0.684. The summed E-state index contributed by atoms with van der Waals surface area (Å²) < 4.78 is 5.20. The standard InChI is InChI=1S/C20H22N6O3/c1-13-10-22-18(12-21-13)20(28)26-6-4-14(5-7-26)16-9-17(25-24-16)19(27)23-11-15-3-2-8-29-15/h2-3,8-10,12,14H,4-7,11H2,1H3,(H,23,27)(H,24,25). The van der Waals surface area contributed by atoms with E-state index in [1.165, 1.54) is 6.20 Å². The van der Waals surface area contributed by atoms with Gasteiger partial charge in [-0.1, -0.05) is 0 Å². The van der Waals surface area contributed by atoms with Gasteiger partial charge < -0.3 is 14.6 Å². The highest BCUT2D eigenvalue weighted by Crippen LogP contribution is 2.27. The number of aromatic amines is 1. The number of likely N-dealkylation sites (tertiary alicyclic amines) is 1. The Balaban J connectivity index is 1.31. The summed E-state index contributed by atoms with van der Waals surface area (Å²) in [6.45, 7) is 3.40. The molecule has 1 aliphatic rings. The molecule has 1 aliphatic heterocycles. The third-order valence-electron chi connectivity index (χ3n) is 5.06. The SMILES string of the molecule is Cc1cnc(C(=O)N2CCC(c3cc(C(=O)NCc4ccco4)n[nH]3)CC2)cn1. The molecule has 2 amide bonds. The number of H-pyrrole nitrogens is 1. The van der Waals surface area contributed by atoms with Crippen LogP contribution in [0.5, 0.6) is 0 Å². The Hall–Kier alpha value is -3.49. The molecule has 2 N–H and O–H groups in total. The number of amides is 2. The smallest absolute Gasteiger partial charge is 0.274 e. The molecule has 3 aromatic heterocycles. The van der Waals surface area contributed by atoms with Crippen LogP contribution in [0.3, 0.4) is 0 Å². The molecule has 4 rings (SSSR count). The van der Waals surface area contributed by atoms with Crippen LogP contribution in [-0.2, 0) is 6.54 Å². The number of aromatic nitrogens is 4. The topological polar surface area (TPSA) is 117 Å². The first-order chi connectivity index (χ1) is 14.1. The van der Waals surface area contributed by atoms with Gasteiger partial charge in [0, 0.05) is 30.9 Å². The summed E-state index contributed by atoms with van der Waals surface area (Å²) in [5.74, 6) is 0.555. The Bertz CT molecular complexity index is 972. The zero-order valence-electron chi connectivity index (χ0n) is 16.1. The van der Waals surface area contributed by atoms with Crippen molar-refractivity contribution < 1.29 is 14.0 Å². The van der Waals surface area contributed by atoms with E-state index in [2.05, 4.69) is 25.5 Å². The van der Waals surface area contributed by atoms with Crippen LogP contribution in [-0.4, -0.2) is 50.0 Å². The molecule has 0 atom stereocenters. The van der Waals surface area contributed by atoms with Gasteiger partial charge in [-0.25, -0.2) is 4.98 Å². The number of piperidine rings is 1. The van der Waals surface area contributed by atoms with Gasteiger partial charge in [-0.15, -0.1) is 0 Å². The van der Waals surface area contributed by atoms with Gasteiger partial charge >= 0.3 is 0 Å². The number of nitrogens with one attached hydrogen (secondary N) is 2. The van der Waals surface area contributed by atoms with E-state index in [0.717, 1.165) is 24.2 Å². The highest BCUT2D eigenvalue weighted by Gasteiger charge is 2.27. The van der Waals surface area contributed by atoms with Gasteiger partial charge in [-0.05, 0) is 38.0 Å². The number of carbonyl (C=O) groups is 2. The van der Waals surface area contributed by atoms with E-state index >= 15 is 0 Å². The van der Waals surface area contributed by atoms with Crippen LogP contribution in [0.25, 0.3) is 0 Å². The van der Waals surface area contributed by atoms with E-state index in [1.807, 2.05) is 6.92 Å². The minimum absolute atomic E-state index is 0.0986. The molecule has 1 saturated heterocycles. The van der Waals surface area contributed by atoms with Crippen LogP contribution in [0.4, 0.5) is 0 Å². The van der Waals surface area contributed by atoms with Gasteiger partial charge in [0.2, 0.25) is 0 Å². The van der Waals surface area contributed by atoms with Crippen LogP contribution >= 0.6 is 0 Å². The lowest BCUT2D eigenvalue weighted by Crippen LogP contribution is -2.38. The highest BCUT2D eigenvalue weighted by atomic mass is 16.3. The van der Waals surface area contributed by atoms with Gasteiger partial charge in [0.15, 0.2) is 0 Å². The van der Waals surface area contributed by atoms with Crippen molar-refractivity contribution in [2.75, 3.05) is 13.1 Å². The van der Waals surface area contributed by atoms with E-state index in [1.54, 1.807) is 35.6 Å². The largest absolute Gasteiger partial charge is 0.467 e. The number of hydrogen-bond acceptors (Lipinski definition) is 6. The molecule has 1 fully saturated rings. The van der Waals surface area contributed by atoms with Gasteiger partial charge in [0.05, 0.1) is 24.7 Å². The molecule has 0 aliphatic carbocycles. The zero-order chi connectivity index (χ0) is 20.2. The predicted octanol–water partition coefficient (Wildman–Crippen LogP) is 2.05. The molecular weight excluding hydrogens is 372 g/mol. The van der Waals surface area contributed by atoms with Gasteiger partial charge in [-0.2, -0.15) is 5.10 Å². The van der Waals surface area contributed by atoms with Gasteiger partial charge in [-0.3, -0.25) is 19.7 Å². The third kappa shape index (κ3) is 4.34. The molecule has 29 heavy (non-hydrogen) atoms. The first-order valence-corrected chi connectivity index (χ1v) is 9.54. The first-order valence-electron chi connectivity index (χ1n) is 9.54. The lowest BCUT2D eigenvalue weighted by Gasteiger charge is -2.31. The van der Waals surface area contributed by atoms with E-state index < -0.39 is 0 Å². The van der Waals surface area contributed by atoms with Crippen LogP contribution in [0.1, 0.15) is 56.9 Å². The summed E-state index contributed by atoms with van der Waals surface area (Å²) >= 11 is 0. The molecule has 4 heterocycles. The Kier molecular flexibility index (Phi) is 5.37. The van der Waals surface area contributed by atoms with Crippen molar-refractivity contribution >= 4 is 11.8 Å². The Morgan fingerprint density at radius 3 is 2.76 bits per heavy atom. The fraction of sp³-hybridized carbons (Fsp3) is 0.350. The van der Waals surface area contributed by atoms with Crippen LogP contribution in [0, 0.1) is 6.92 Å². The predicted molar refractivity (Wildman–Crippen MR) is 103 cm³/mol. The molecule has 9 nitrogen and oxygen atoms in total. The van der Waals surface area contributed by atoms with Crippen molar-refractivity contribution in [3.8, 4) is 0 Å². The van der Waals surface area contributed by atoms with E-state index in [4.69, 9.17) is 4.42 Å². The van der Waals surface area contributed by atoms with Crippen LogP contribution in [0.15, 0.2) is 41.3 Å². The van der Waals surface area contributed by atoms with Crippen molar-refractivity contribution in [2.45, 2.75) is 32.2 Å². The van der Waals surface area contributed by atoms with Gasteiger partial charge in [0.1, 0.15) is 17.1 Å². The second kappa shape index (κ2) is 8.26. The van der Waals surface area contributed by atoms with E-state index in [-0.39, 0.29) is 17.7 Å². The number of nitrogens with zero attached hydrogens (tertiary/aromatic N) is 4. The van der Waals surface area contributed by atoms with Crippen molar-refractivity contribution in [1.29, 1.82) is 0 Å². The summed E-state index contributed by atoms with van der Waals surface area (Å²) in [6.07, 6.45) is 6.27. The fourth-order valence-electron chi connectivity index (χ4n) is 3.39. The Labute approximate surface area is 167 Å². The average molecular weight is 394 g/mol. The number of hydrogen-bond donors (Lipinski definition) is 2. The molecule has 0 radical (unpaired) electrons. The molecule has 0 aromatic carbocycles. The molecule has 9 heteroatoms. The summed E-state index contributed by atoms with van der Waals surface area (Å²) in [6, 6.07) is 5.36. The molecule has 150 valence electrons. The highest BCUT2D eigenvalue weighted by molar-refractivity contribution is 5.92. The summed E-state index contributed by atoms with van der Waals surface area (Å²) in [5, 5.41) is 9.89.